The molecule has 2 atom stereocenters. The SMILES string of the molecule is COCC(C)(C)NC(=O)NC(C)CCCC(C)C(=O)O. The first kappa shape index (κ1) is 18.7. The van der Waals surface area contributed by atoms with Crippen molar-refractivity contribution in [2.45, 2.75) is 58.5 Å². The van der Waals surface area contributed by atoms with Gasteiger partial charge in [-0.2, -0.15) is 0 Å². The number of hydrogen-bond acceptors (Lipinski definition) is 3. The molecule has 118 valence electrons. The van der Waals surface area contributed by atoms with Crippen LogP contribution in [0, 0.1) is 5.92 Å². The molecule has 0 rings (SSSR count). The van der Waals surface area contributed by atoms with E-state index >= 15 is 0 Å². The van der Waals surface area contributed by atoms with Crippen LogP contribution in [-0.2, 0) is 9.53 Å². The number of carbonyl (C=O) groups excluding carboxylic acids is 1. The molecule has 0 aromatic carbocycles. The second-order valence-electron chi connectivity index (χ2n) is 5.99. The predicted octanol–water partition coefficient (Wildman–Crippen LogP) is 1.99. The van der Waals surface area contributed by atoms with Crippen LogP contribution < -0.4 is 10.6 Å². The predicted molar refractivity (Wildman–Crippen MR) is 77.7 cm³/mol. The van der Waals surface area contributed by atoms with Crippen LogP contribution in [0.3, 0.4) is 0 Å². The Balaban J connectivity index is 3.94. The third kappa shape index (κ3) is 8.74. The minimum absolute atomic E-state index is 0.00865. The molecule has 0 heterocycles. The van der Waals surface area contributed by atoms with Crippen LogP contribution in [-0.4, -0.2) is 42.4 Å². The standard InChI is InChI=1S/C14H28N2O4/c1-10(12(17)18)7-6-8-11(2)15-13(19)16-14(3,4)9-20-5/h10-11H,6-9H2,1-5H3,(H,17,18)(H2,15,16,19). The van der Waals surface area contributed by atoms with Gasteiger partial charge in [0.25, 0.3) is 0 Å². The Morgan fingerprint density at radius 1 is 1.25 bits per heavy atom. The molecule has 6 nitrogen and oxygen atoms in total. The molecule has 0 saturated carbocycles. The first-order valence-electron chi connectivity index (χ1n) is 6.98. The van der Waals surface area contributed by atoms with E-state index in [4.69, 9.17) is 9.84 Å². The fraction of sp³-hybridized carbons (Fsp3) is 0.857. The Morgan fingerprint density at radius 2 is 1.85 bits per heavy atom. The molecule has 0 aliphatic heterocycles. The maximum absolute atomic E-state index is 11.8. The monoisotopic (exact) mass is 288 g/mol. The number of ether oxygens (including phenoxy) is 1. The Bertz CT molecular complexity index is 318. The highest BCUT2D eigenvalue weighted by atomic mass is 16.5. The van der Waals surface area contributed by atoms with Crippen molar-refractivity contribution in [1.29, 1.82) is 0 Å². The van der Waals surface area contributed by atoms with E-state index < -0.39 is 11.5 Å². The first-order chi connectivity index (χ1) is 9.18. The van der Waals surface area contributed by atoms with Crippen LogP contribution in [0.15, 0.2) is 0 Å². The molecular formula is C14H28N2O4. The molecule has 3 N–H and O–H groups in total. The van der Waals surface area contributed by atoms with Crippen molar-refractivity contribution in [1.82, 2.24) is 10.6 Å². The minimum atomic E-state index is -0.773. The fourth-order valence-electron chi connectivity index (χ4n) is 1.89. The highest BCUT2D eigenvalue weighted by Crippen LogP contribution is 2.09. The highest BCUT2D eigenvalue weighted by molar-refractivity contribution is 5.75. The summed E-state index contributed by atoms with van der Waals surface area (Å²) < 4.78 is 5.03. The molecule has 0 saturated heterocycles. The Kier molecular flexibility index (Phi) is 8.22. The van der Waals surface area contributed by atoms with Gasteiger partial charge in [-0.3, -0.25) is 4.79 Å². The van der Waals surface area contributed by atoms with Gasteiger partial charge in [0.15, 0.2) is 0 Å². The number of carbonyl (C=O) groups is 2. The second-order valence-corrected chi connectivity index (χ2v) is 5.99. The summed E-state index contributed by atoms with van der Waals surface area (Å²) in [5.74, 6) is -1.11. The van der Waals surface area contributed by atoms with E-state index in [0.717, 1.165) is 12.8 Å². The van der Waals surface area contributed by atoms with Crippen LogP contribution in [0.25, 0.3) is 0 Å². The molecule has 0 aromatic rings. The summed E-state index contributed by atoms with van der Waals surface area (Å²) >= 11 is 0. The van der Waals surface area contributed by atoms with Gasteiger partial charge >= 0.3 is 12.0 Å². The topological polar surface area (TPSA) is 87.7 Å². The Morgan fingerprint density at radius 3 is 2.35 bits per heavy atom. The lowest BCUT2D eigenvalue weighted by molar-refractivity contribution is -0.141. The van der Waals surface area contributed by atoms with Crippen molar-refractivity contribution in [2.24, 2.45) is 5.92 Å². The van der Waals surface area contributed by atoms with Crippen LogP contribution in [0.2, 0.25) is 0 Å². The normalized spacial score (nSPS) is 14.4. The lowest BCUT2D eigenvalue weighted by Crippen LogP contribution is -2.52. The van der Waals surface area contributed by atoms with Gasteiger partial charge in [-0.05, 0) is 33.6 Å². The molecular weight excluding hydrogens is 260 g/mol. The molecule has 0 spiro atoms. The number of aliphatic carboxylic acids is 1. The molecule has 0 radical (unpaired) electrons. The lowest BCUT2D eigenvalue weighted by atomic mass is 10.0. The summed E-state index contributed by atoms with van der Waals surface area (Å²) in [6.07, 6.45) is 2.16. The molecule has 0 aliphatic rings. The van der Waals surface area contributed by atoms with Gasteiger partial charge in [-0.1, -0.05) is 13.3 Å². The van der Waals surface area contributed by atoms with E-state index in [9.17, 15) is 9.59 Å². The van der Waals surface area contributed by atoms with Crippen molar-refractivity contribution >= 4 is 12.0 Å². The van der Waals surface area contributed by atoms with E-state index in [2.05, 4.69) is 10.6 Å². The van der Waals surface area contributed by atoms with Crippen molar-refractivity contribution in [3.05, 3.63) is 0 Å². The van der Waals surface area contributed by atoms with Crippen LogP contribution in [0.5, 0.6) is 0 Å². The molecule has 20 heavy (non-hydrogen) atoms. The van der Waals surface area contributed by atoms with Crippen molar-refractivity contribution < 1.29 is 19.4 Å². The zero-order valence-electron chi connectivity index (χ0n) is 13.2. The van der Waals surface area contributed by atoms with Gasteiger partial charge in [-0.25, -0.2) is 4.79 Å². The second kappa shape index (κ2) is 8.79. The van der Waals surface area contributed by atoms with Gasteiger partial charge in [0, 0.05) is 13.2 Å². The van der Waals surface area contributed by atoms with Gasteiger partial charge in [0.05, 0.1) is 18.1 Å². The summed E-state index contributed by atoms with van der Waals surface area (Å²) in [5.41, 5.74) is -0.420. The zero-order valence-corrected chi connectivity index (χ0v) is 13.2. The maximum Gasteiger partial charge on any atom is 0.315 e. The van der Waals surface area contributed by atoms with E-state index in [1.807, 2.05) is 20.8 Å². The smallest absolute Gasteiger partial charge is 0.315 e. The van der Waals surface area contributed by atoms with Crippen LogP contribution in [0.4, 0.5) is 4.79 Å². The van der Waals surface area contributed by atoms with E-state index in [-0.39, 0.29) is 18.0 Å². The Hall–Kier alpha value is -1.30. The summed E-state index contributed by atoms with van der Waals surface area (Å²) in [5, 5.41) is 14.5. The highest BCUT2D eigenvalue weighted by Gasteiger charge is 2.21. The molecule has 2 amide bonds. The third-order valence-corrected chi connectivity index (χ3v) is 3.03. The number of amides is 2. The van der Waals surface area contributed by atoms with E-state index in [1.165, 1.54) is 0 Å². The van der Waals surface area contributed by atoms with Crippen molar-refractivity contribution in [3.63, 3.8) is 0 Å². The maximum atomic E-state index is 11.8. The number of carboxylic acid groups (broad SMARTS) is 1. The summed E-state index contributed by atoms with van der Waals surface area (Å²) in [7, 11) is 1.59. The average molecular weight is 288 g/mol. The van der Waals surface area contributed by atoms with Gasteiger partial charge in [-0.15, -0.1) is 0 Å². The zero-order chi connectivity index (χ0) is 15.8. The summed E-state index contributed by atoms with van der Waals surface area (Å²) in [4.78, 5) is 22.5. The average Bonchev–Trinajstić information content (AvgIpc) is 2.26. The van der Waals surface area contributed by atoms with Gasteiger partial charge < -0.3 is 20.5 Å². The Labute approximate surface area is 121 Å². The third-order valence-electron chi connectivity index (χ3n) is 3.03. The number of hydrogen-bond donors (Lipinski definition) is 3. The first-order valence-corrected chi connectivity index (χ1v) is 6.98. The molecule has 6 heteroatoms. The molecule has 0 aromatic heterocycles. The molecule has 0 fully saturated rings. The summed E-state index contributed by atoms with van der Waals surface area (Å²) in [6, 6.07) is -0.222. The number of urea groups is 1. The minimum Gasteiger partial charge on any atom is -0.481 e. The fourth-order valence-corrected chi connectivity index (χ4v) is 1.89. The number of methoxy groups -OCH3 is 1. The molecule has 0 aliphatic carbocycles. The molecule has 0 bridgehead atoms. The summed E-state index contributed by atoms with van der Waals surface area (Å²) in [6.45, 7) is 7.81. The van der Waals surface area contributed by atoms with Crippen molar-refractivity contribution in [3.8, 4) is 0 Å². The largest absolute Gasteiger partial charge is 0.481 e. The van der Waals surface area contributed by atoms with Crippen LogP contribution in [0.1, 0.15) is 47.0 Å². The van der Waals surface area contributed by atoms with Crippen molar-refractivity contribution in [2.75, 3.05) is 13.7 Å². The van der Waals surface area contributed by atoms with E-state index in [1.54, 1.807) is 14.0 Å². The van der Waals surface area contributed by atoms with Gasteiger partial charge in [0.2, 0.25) is 0 Å². The van der Waals surface area contributed by atoms with E-state index in [0.29, 0.717) is 13.0 Å². The molecule has 2 unspecified atom stereocenters. The van der Waals surface area contributed by atoms with Gasteiger partial charge in [0.1, 0.15) is 0 Å². The number of rotatable bonds is 9. The lowest BCUT2D eigenvalue weighted by Gasteiger charge is -2.26. The quantitative estimate of drug-likeness (QED) is 0.605. The van der Waals surface area contributed by atoms with Crippen LogP contribution >= 0.6 is 0 Å². The number of nitrogens with one attached hydrogen (secondary N) is 2. The number of carboxylic acids is 1.